The quantitative estimate of drug-likeness (QED) is 0.886. The van der Waals surface area contributed by atoms with Gasteiger partial charge >= 0.3 is 0 Å². The van der Waals surface area contributed by atoms with Crippen molar-refractivity contribution in [3.05, 3.63) is 10.9 Å². The molecule has 0 saturated carbocycles. The van der Waals surface area contributed by atoms with Gasteiger partial charge in [-0.2, -0.15) is 5.10 Å². The molecule has 1 fully saturated rings. The molecule has 0 unspecified atom stereocenters. The van der Waals surface area contributed by atoms with Crippen molar-refractivity contribution in [1.29, 1.82) is 0 Å². The molecule has 2 aromatic rings. The Labute approximate surface area is 124 Å². The van der Waals surface area contributed by atoms with E-state index in [2.05, 4.69) is 35.9 Å². The van der Waals surface area contributed by atoms with Crippen LogP contribution in [0, 0.1) is 0 Å². The van der Waals surface area contributed by atoms with Crippen molar-refractivity contribution in [2.75, 3.05) is 25.2 Å². The smallest absolute Gasteiger partial charge is 0.164 e. The van der Waals surface area contributed by atoms with Gasteiger partial charge in [-0.15, -0.1) is 0 Å². The molecule has 3 rings (SSSR count). The molecule has 0 amide bonds. The number of methoxy groups -OCH3 is 1. The maximum atomic E-state index is 9.58. The van der Waals surface area contributed by atoms with E-state index in [4.69, 9.17) is 4.74 Å². The van der Waals surface area contributed by atoms with Gasteiger partial charge < -0.3 is 14.7 Å². The van der Waals surface area contributed by atoms with E-state index in [1.165, 1.54) is 6.33 Å². The number of aryl methyl sites for hydroxylation is 1. The number of ether oxygens (including phenoxy) is 1. The summed E-state index contributed by atoms with van der Waals surface area (Å²) in [6.07, 6.45) is 2.42. The number of rotatable bonds is 3. The summed E-state index contributed by atoms with van der Waals surface area (Å²) in [6.45, 7) is 0.776. The summed E-state index contributed by atoms with van der Waals surface area (Å²) in [6, 6.07) is 0.00477. The highest BCUT2D eigenvalue weighted by Crippen LogP contribution is 2.33. The number of aliphatic hydroxyl groups is 1. The molecule has 0 aliphatic carbocycles. The number of fused-ring (bicyclic) bond motifs is 1. The average Bonchev–Trinajstić information content (AvgIpc) is 3.00. The molecule has 7 nitrogen and oxygen atoms in total. The van der Waals surface area contributed by atoms with Crippen LogP contribution in [0.1, 0.15) is 6.42 Å². The number of nitrogens with zero attached hydrogens (tertiary/aromatic N) is 5. The first-order valence-corrected chi connectivity index (χ1v) is 7.18. The molecule has 1 aliphatic rings. The number of anilines is 1. The zero-order chi connectivity index (χ0) is 14.3. The molecule has 2 atom stereocenters. The Morgan fingerprint density at radius 2 is 2.30 bits per heavy atom. The standard InChI is InChI=1S/C12H16BrN5O2/c1-17-11-9(10(13)16-17)12(15-6-14-11)18-4-8(20-2)3-7(18)5-19/h6-8,19H,3-5H2,1-2H3/t7-,8-/m0/s1. The second-order valence-corrected chi connectivity index (χ2v) is 5.64. The first-order valence-electron chi connectivity index (χ1n) is 6.39. The van der Waals surface area contributed by atoms with E-state index in [1.807, 2.05) is 7.05 Å². The fourth-order valence-electron chi connectivity index (χ4n) is 2.72. The lowest BCUT2D eigenvalue weighted by atomic mass is 10.2. The first-order chi connectivity index (χ1) is 9.65. The van der Waals surface area contributed by atoms with Gasteiger partial charge in [0.15, 0.2) is 5.65 Å². The first kappa shape index (κ1) is 13.7. The predicted octanol–water partition coefficient (Wildman–Crippen LogP) is 0.712. The van der Waals surface area contributed by atoms with Crippen LogP contribution >= 0.6 is 15.9 Å². The van der Waals surface area contributed by atoms with Crippen LogP contribution in [-0.4, -0.2) is 57.3 Å². The van der Waals surface area contributed by atoms with Crippen molar-refractivity contribution >= 4 is 32.8 Å². The van der Waals surface area contributed by atoms with Gasteiger partial charge in [-0.1, -0.05) is 0 Å². The van der Waals surface area contributed by atoms with Crippen LogP contribution < -0.4 is 4.90 Å². The van der Waals surface area contributed by atoms with Crippen LogP contribution in [0.2, 0.25) is 0 Å². The highest BCUT2D eigenvalue weighted by atomic mass is 79.9. The van der Waals surface area contributed by atoms with E-state index in [1.54, 1.807) is 11.8 Å². The third-order valence-corrected chi connectivity index (χ3v) is 4.31. The summed E-state index contributed by atoms with van der Waals surface area (Å²) in [5.74, 6) is 0.786. The van der Waals surface area contributed by atoms with Crippen molar-refractivity contribution in [2.45, 2.75) is 18.6 Å². The normalized spacial score (nSPS) is 22.9. The zero-order valence-corrected chi connectivity index (χ0v) is 12.9. The molecule has 0 spiro atoms. The Morgan fingerprint density at radius 1 is 1.50 bits per heavy atom. The molecule has 1 N–H and O–H groups in total. The Bertz CT molecular complexity index is 632. The summed E-state index contributed by atoms with van der Waals surface area (Å²) in [4.78, 5) is 10.7. The van der Waals surface area contributed by atoms with Crippen LogP contribution in [0.3, 0.4) is 0 Å². The SMILES string of the molecule is CO[C@H]1C[C@@H](CO)N(c2ncnc3c2c(Br)nn3C)C1. The number of halogens is 1. The van der Waals surface area contributed by atoms with E-state index in [9.17, 15) is 5.11 Å². The van der Waals surface area contributed by atoms with Gasteiger partial charge in [-0.3, -0.25) is 0 Å². The van der Waals surface area contributed by atoms with Crippen LogP contribution in [0.15, 0.2) is 10.9 Å². The van der Waals surface area contributed by atoms with Crippen molar-refractivity contribution in [1.82, 2.24) is 19.7 Å². The summed E-state index contributed by atoms with van der Waals surface area (Å²) in [7, 11) is 3.54. The van der Waals surface area contributed by atoms with Crippen molar-refractivity contribution in [3.8, 4) is 0 Å². The fourth-order valence-corrected chi connectivity index (χ4v) is 3.31. The number of aliphatic hydroxyl groups excluding tert-OH is 1. The van der Waals surface area contributed by atoms with Crippen LogP contribution in [0.25, 0.3) is 11.0 Å². The Balaban J connectivity index is 2.10. The molecule has 3 heterocycles. The van der Waals surface area contributed by atoms with E-state index in [0.29, 0.717) is 11.1 Å². The molecular formula is C12H16BrN5O2. The summed E-state index contributed by atoms with van der Waals surface area (Å²) in [5.41, 5.74) is 0.763. The van der Waals surface area contributed by atoms with E-state index < -0.39 is 0 Å². The maximum Gasteiger partial charge on any atom is 0.164 e. The number of aromatic nitrogens is 4. The molecule has 20 heavy (non-hydrogen) atoms. The average molecular weight is 342 g/mol. The summed E-state index contributed by atoms with van der Waals surface area (Å²) >= 11 is 3.46. The minimum absolute atomic E-state index is 0.00477. The van der Waals surface area contributed by atoms with Crippen molar-refractivity contribution in [2.24, 2.45) is 7.05 Å². The monoisotopic (exact) mass is 341 g/mol. The van der Waals surface area contributed by atoms with Gasteiger partial charge in [-0.05, 0) is 22.4 Å². The Morgan fingerprint density at radius 3 is 3.00 bits per heavy atom. The Hall–Kier alpha value is -1.25. The fraction of sp³-hybridized carbons (Fsp3) is 0.583. The van der Waals surface area contributed by atoms with E-state index in [0.717, 1.165) is 23.3 Å². The van der Waals surface area contributed by atoms with Gasteiger partial charge in [0.25, 0.3) is 0 Å². The summed E-state index contributed by atoms with van der Waals surface area (Å²) < 4.78 is 7.84. The minimum atomic E-state index is 0.00477. The number of hydrogen-bond acceptors (Lipinski definition) is 6. The maximum absolute atomic E-state index is 9.58. The van der Waals surface area contributed by atoms with Crippen molar-refractivity contribution < 1.29 is 9.84 Å². The van der Waals surface area contributed by atoms with Gasteiger partial charge in [0.2, 0.25) is 0 Å². The second kappa shape index (κ2) is 5.27. The van der Waals surface area contributed by atoms with Crippen LogP contribution in [-0.2, 0) is 11.8 Å². The lowest BCUT2D eigenvalue weighted by molar-refractivity contribution is 0.115. The molecule has 1 aliphatic heterocycles. The zero-order valence-electron chi connectivity index (χ0n) is 11.3. The van der Waals surface area contributed by atoms with E-state index >= 15 is 0 Å². The third-order valence-electron chi connectivity index (χ3n) is 3.75. The largest absolute Gasteiger partial charge is 0.394 e. The van der Waals surface area contributed by atoms with Gasteiger partial charge in [0.05, 0.1) is 24.1 Å². The molecule has 2 aromatic heterocycles. The second-order valence-electron chi connectivity index (χ2n) is 4.89. The summed E-state index contributed by atoms with van der Waals surface area (Å²) in [5, 5.41) is 14.8. The lowest BCUT2D eigenvalue weighted by Crippen LogP contribution is -2.33. The highest BCUT2D eigenvalue weighted by molar-refractivity contribution is 9.10. The third kappa shape index (κ3) is 2.07. The minimum Gasteiger partial charge on any atom is -0.394 e. The molecule has 0 bridgehead atoms. The molecule has 0 aromatic carbocycles. The number of hydrogen-bond donors (Lipinski definition) is 1. The van der Waals surface area contributed by atoms with Gasteiger partial charge in [0.1, 0.15) is 16.7 Å². The Kier molecular flexibility index (Phi) is 3.61. The highest BCUT2D eigenvalue weighted by Gasteiger charge is 2.34. The van der Waals surface area contributed by atoms with Crippen LogP contribution in [0.5, 0.6) is 0 Å². The molecule has 1 saturated heterocycles. The predicted molar refractivity (Wildman–Crippen MR) is 77.6 cm³/mol. The molecular weight excluding hydrogens is 326 g/mol. The molecule has 108 valence electrons. The topological polar surface area (TPSA) is 76.3 Å². The van der Waals surface area contributed by atoms with Crippen molar-refractivity contribution in [3.63, 3.8) is 0 Å². The molecule has 0 radical (unpaired) electrons. The van der Waals surface area contributed by atoms with Gasteiger partial charge in [-0.25, -0.2) is 14.6 Å². The lowest BCUT2D eigenvalue weighted by Gasteiger charge is -2.24. The van der Waals surface area contributed by atoms with E-state index in [-0.39, 0.29) is 18.8 Å². The van der Waals surface area contributed by atoms with Crippen LogP contribution in [0.4, 0.5) is 5.82 Å². The molecule has 8 heteroatoms. The van der Waals surface area contributed by atoms with Gasteiger partial charge in [0, 0.05) is 20.7 Å².